The summed E-state index contributed by atoms with van der Waals surface area (Å²) in [5.74, 6) is 4.56. The first-order valence-electron chi connectivity index (χ1n) is 5.73. The van der Waals surface area contributed by atoms with Crippen molar-refractivity contribution in [3.8, 4) is 0 Å². The maximum atomic E-state index is 5.42. The maximum Gasteiger partial charge on any atom is 0.105 e. The van der Waals surface area contributed by atoms with Gasteiger partial charge < -0.3 is 9.73 Å². The summed E-state index contributed by atoms with van der Waals surface area (Å²) in [5, 5.41) is 3.59. The topological polar surface area (TPSA) is 25.2 Å². The highest BCUT2D eigenvalue weighted by molar-refractivity contribution is 7.99. The molecule has 1 aliphatic rings. The molecule has 2 atom stereocenters. The van der Waals surface area contributed by atoms with E-state index in [0.717, 1.165) is 24.6 Å². The fraction of sp³-hybridized carbons (Fsp3) is 0.667. The first kappa shape index (κ1) is 11.1. The summed E-state index contributed by atoms with van der Waals surface area (Å²) in [5.41, 5.74) is 0. The number of thioether (sulfide) groups is 1. The van der Waals surface area contributed by atoms with Crippen molar-refractivity contribution in [3.05, 3.63) is 24.2 Å². The van der Waals surface area contributed by atoms with Gasteiger partial charge in [0.1, 0.15) is 5.76 Å². The molecule has 0 spiro atoms. The van der Waals surface area contributed by atoms with Crippen LogP contribution in [0, 0.1) is 5.92 Å². The van der Waals surface area contributed by atoms with E-state index in [1.54, 1.807) is 6.26 Å². The minimum absolute atomic E-state index is 0.594. The minimum Gasteiger partial charge on any atom is -0.469 e. The van der Waals surface area contributed by atoms with Gasteiger partial charge in [-0.05, 0) is 42.5 Å². The summed E-state index contributed by atoms with van der Waals surface area (Å²) in [7, 11) is 0. The van der Waals surface area contributed by atoms with Crippen molar-refractivity contribution in [2.45, 2.75) is 25.8 Å². The van der Waals surface area contributed by atoms with Gasteiger partial charge in [-0.15, -0.1) is 0 Å². The van der Waals surface area contributed by atoms with Gasteiger partial charge in [0.15, 0.2) is 0 Å². The van der Waals surface area contributed by atoms with Crippen LogP contribution in [-0.2, 0) is 6.42 Å². The van der Waals surface area contributed by atoms with Crippen LogP contribution in [0.5, 0.6) is 0 Å². The normalized spacial score (nSPS) is 23.1. The third kappa shape index (κ3) is 3.02. The molecule has 0 amide bonds. The van der Waals surface area contributed by atoms with E-state index < -0.39 is 0 Å². The van der Waals surface area contributed by atoms with Crippen molar-refractivity contribution < 1.29 is 4.42 Å². The average molecular weight is 225 g/mol. The van der Waals surface area contributed by atoms with Crippen LogP contribution in [0.2, 0.25) is 0 Å². The molecule has 2 unspecified atom stereocenters. The molecule has 1 saturated heterocycles. The summed E-state index contributed by atoms with van der Waals surface area (Å²) >= 11 is 2.08. The second-order valence-electron chi connectivity index (χ2n) is 4.07. The zero-order valence-electron chi connectivity index (χ0n) is 9.24. The number of furan rings is 1. The van der Waals surface area contributed by atoms with Gasteiger partial charge >= 0.3 is 0 Å². The molecule has 2 rings (SSSR count). The first-order valence-corrected chi connectivity index (χ1v) is 6.89. The predicted octanol–water partition coefficient (Wildman–Crippen LogP) is 2.55. The second kappa shape index (κ2) is 5.61. The van der Waals surface area contributed by atoms with Gasteiger partial charge in [0.05, 0.1) is 6.26 Å². The van der Waals surface area contributed by atoms with Gasteiger partial charge in [-0.1, -0.05) is 6.92 Å². The quantitative estimate of drug-likeness (QED) is 0.833. The third-order valence-electron chi connectivity index (χ3n) is 3.00. The van der Waals surface area contributed by atoms with E-state index in [2.05, 4.69) is 30.1 Å². The largest absolute Gasteiger partial charge is 0.469 e. The highest BCUT2D eigenvalue weighted by atomic mass is 32.2. The highest BCUT2D eigenvalue weighted by Gasteiger charge is 2.25. The molecular formula is C12H19NOS. The number of hydrogen-bond donors (Lipinski definition) is 1. The highest BCUT2D eigenvalue weighted by Crippen LogP contribution is 2.27. The van der Waals surface area contributed by atoms with Crippen LogP contribution in [0.4, 0.5) is 0 Å². The summed E-state index contributed by atoms with van der Waals surface area (Å²) < 4.78 is 5.42. The molecule has 0 aromatic carbocycles. The zero-order chi connectivity index (χ0) is 10.5. The Morgan fingerprint density at radius 3 is 3.20 bits per heavy atom. The summed E-state index contributed by atoms with van der Waals surface area (Å²) in [4.78, 5) is 0. The van der Waals surface area contributed by atoms with Gasteiger partial charge in [-0.3, -0.25) is 0 Å². The Morgan fingerprint density at radius 2 is 2.60 bits per heavy atom. The van der Waals surface area contributed by atoms with E-state index in [1.165, 1.54) is 17.9 Å². The minimum atomic E-state index is 0.594. The van der Waals surface area contributed by atoms with E-state index in [0.29, 0.717) is 6.04 Å². The molecule has 2 nitrogen and oxygen atoms in total. The smallest absolute Gasteiger partial charge is 0.105 e. The monoisotopic (exact) mass is 225 g/mol. The number of nitrogens with one attached hydrogen (secondary N) is 1. The molecule has 0 saturated carbocycles. The van der Waals surface area contributed by atoms with Gasteiger partial charge in [-0.25, -0.2) is 0 Å². The van der Waals surface area contributed by atoms with Crippen molar-refractivity contribution in [1.29, 1.82) is 0 Å². The van der Waals surface area contributed by atoms with Crippen LogP contribution in [0.25, 0.3) is 0 Å². The van der Waals surface area contributed by atoms with Crippen molar-refractivity contribution in [2.75, 3.05) is 18.1 Å². The molecule has 1 N–H and O–H groups in total. The lowest BCUT2D eigenvalue weighted by Gasteiger charge is -2.22. The third-order valence-corrected chi connectivity index (χ3v) is 4.19. The van der Waals surface area contributed by atoms with Crippen molar-refractivity contribution in [2.24, 2.45) is 5.92 Å². The van der Waals surface area contributed by atoms with Crippen LogP contribution >= 0.6 is 11.8 Å². The lowest BCUT2D eigenvalue weighted by Crippen LogP contribution is -2.38. The molecule has 1 aromatic rings. The van der Waals surface area contributed by atoms with Gasteiger partial charge in [0.2, 0.25) is 0 Å². The van der Waals surface area contributed by atoms with Gasteiger partial charge in [0.25, 0.3) is 0 Å². The van der Waals surface area contributed by atoms with Crippen molar-refractivity contribution in [3.63, 3.8) is 0 Å². The molecular weight excluding hydrogens is 206 g/mol. The Bertz CT molecular complexity index is 267. The standard InChI is InChI=1S/C12H19NOS/c1-2-13-12(10-5-7-15-9-10)8-11-4-3-6-14-11/h3-4,6,10,12-13H,2,5,7-9H2,1H3. The van der Waals surface area contributed by atoms with E-state index in [1.807, 2.05) is 6.07 Å². The Balaban J connectivity index is 1.93. The fourth-order valence-electron chi connectivity index (χ4n) is 2.18. The van der Waals surface area contributed by atoms with E-state index in [-0.39, 0.29) is 0 Å². The summed E-state index contributed by atoms with van der Waals surface area (Å²) in [6.07, 6.45) is 4.15. The van der Waals surface area contributed by atoms with Gasteiger partial charge in [-0.2, -0.15) is 11.8 Å². The van der Waals surface area contributed by atoms with Crippen LogP contribution in [0.15, 0.2) is 22.8 Å². The van der Waals surface area contributed by atoms with E-state index in [4.69, 9.17) is 4.42 Å². The molecule has 2 heterocycles. The Hall–Kier alpha value is -0.410. The number of likely N-dealkylation sites (N-methyl/N-ethyl adjacent to an activating group) is 1. The summed E-state index contributed by atoms with van der Waals surface area (Å²) in [6.45, 7) is 3.23. The summed E-state index contributed by atoms with van der Waals surface area (Å²) in [6, 6.07) is 4.64. The van der Waals surface area contributed by atoms with E-state index in [9.17, 15) is 0 Å². The molecule has 1 aliphatic heterocycles. The molecule has 1 fully saturated rings. The maximum absolute atomic E-state index is 5.42. The molecule has 3 heteroatoms. The lowest BCUT2D eigenvalue weighted by atomic mass is 9.95. The SMILES string of the molecule is CCNC(Cc1ccco1)C1CCSC1. The van der Waals surface area contributed by atoms with Crippen LogP contribution in [-0.4, -0.2) is 24.1 Å². The Kier molecular flexibility index (Phi) is 4.15. The molecule has 0 aliphatic carbocycles. The number of rotatable bonds is 5. The zero-order valence-corrected chi connectivity index (χ0v) is 10.1. The molecule has 1 aromatic heterocycles. The van der Waals surface area contributed by atoms with Crippen LogP contribution < -0.4 is 5.32 Å². The first-order chi connectivity index (χ1) is 7.40. The van der Waals surface area contributed by atoms with Crippen molar-refractivity contribution in [1.82, 2.24) is 5.32 Å². The fourth-order valence-corrected chi connectivity index (χ4v) is 3.52. The molecule has 0 bridgehead atoms. The average Bonchev–Trinajstić information content (AvgIpc) is 2.89. The predicted molar refractivity (Wildman–Crippen MR) is 65.3 cm³/mol. The Labute approximate surface area is 95.8 Å². The van der Waals surface area contributed by atoms with Crippen LogP contribution in [0.1, 0.15) is 19.1 Å². The Morgan fingerprint density at radius 1 is 1.67 bits per heavy atom. The van der Waals surface area contributed by atoms with Crippen LogP contribution in [0.3, 0.4) is 0 Å². The van der Waals surface area contributed by atoms with Gasteiger partial charge in [0, 0.05) is 12.5 Å². The molecule has 0 radical (unpaired) electrons. The lowest BCUT2D eigenvalue weighted by molar-refractivity contribution is 0.360. The number of hydrogen-bond acceptors (Lipinski definition) is 3. The van der Waals surface area contributed by atoms with E-state index >= 15 is 0 Å². The van der Waals surface area contributed by atoms with Crippen molar-refractivity contribution >= 4 is 11.8 Å². The molecule has 15 heavy (non-hydrogen) atoms. The second-order valence-corrected chi connectivity index (χ2v) is 5.22. The molecule has 84 valence electrons.